The molecule has 0 aromatic carbocycles. The molecule has 0 radical (unpaired) electrons. The first-order chi connectivity index (χ1) is 7.65. The summed E-state index contributed by atoms with van der Waals surface area (Å²) in [4.78, 5) is 16.2. The van der Waals surface area contributed by atoms with Crippen LogP contribution in [0.2, 0.25) is 0 Å². The van der Waals surface area contributed by atoms with Crippen LogP contribution < -0.4 is 5.73 Å². The first kappa shape index (κ1) is 11.9. The first-order valence-corrected chi connectivity index (χ1v) is 6.41. The molecule has 0 bridgehead atoms. The highest BCUT2D eigenvalue weighted by atomic mass is 16.2. The molecule has 2 rings (SSSR count). The van der Waals surface area contributed by atoms with E-state index in [1.54, 1.807) is 0 Å². The van der Waals surface area contributed by atoms with E-state index in [9.17, 15) is 4.79 Å². The Bertz CT molecular complexity index is 241. The molecule has 0 spiro atoms. The summed E-state index contributed by atoms with van der Waals surface area (Å²) in [6.07, 6.45) is 3.43. The number of amides is 1. The van der Waals surface area contributed by atoms with Crippen molar-refractivity contribution in [3.63, 3.8) is 0 Å². The molecule has 92 valence electrons. The number of likely N-dealkylation sites (tertiary alicyclic amines) is 2. The second-order valence-corrected chi connectivity index (χ2v) is 5.38. The molecule has 16 heavy (non-hydrogen) atoms. The predicted octanol–water partition coefficient (Wildman–Crippen LogP) is 0.278. The van der Waals surface area contributed by atoms with Gasteiger partial charge in [0.1, 0.15) is 0 Å². The number of hydrogen-bond donors (Lipinski definition) is 1. The van der Waals surface area contributed by atoms with Gasteiger partial charge in [-0.1, -0.05) is 6.92 Å². The second kappa shape index (κ2) is 5.15. The number of rotatable bonds is 2. The fourth-order valence-electron chi connectivity index (χ4n) is 2.90. The molecule has 2 unspecified atom stereocenters. The Morgan fingerprint density at radius 3 is 2.62 bits per heavy atom. The smallest absolute Gasteiger partial charge is 0.236 e. The number of nitrogens with two attached hydrogens (primary N) is 1. The Morgan fingerprint density at radius 2 is 2.00 bits per heavy atom. The van der Waals surface area contributed by atoms with Crippen molar-refractivity contribution in [2.75, 3.05) is 32.7 Å². The number of nitrogens with zero attached hydrogens (tertiary/aromatic N) is 2. The van der Waals surface area contributed by atoms with E-state index >= 15 is 0 Å². The summed E-state index contributed by atoms with van der Waals surface area (Å²) in [7, 11) is 0. The highest BCUT2D eigenvalue weighted by molar-refractivity contribution is 5.78. The molecule has 4 heteroatoms. The molecule has 2 atom stereocenters. The molecular formula is C12H23N3O. The first-order valence-electron chi connectivity index (χ1n) is 6.41. The van der Waals surface area contributed by atoms with E-state index in [-0.39, 0.29) is 6.04 Å². The van der Waals surface area contributed by atoms with Gasteiger partial charge in [-0.2, -0.15) is 0 Å². The Kier molecular flexibility index (Phi) is 3.82. The second-order valence-electron chi connectivity index (χ2n) is 5.38. The zero-order chi connectivity index (χ0) is 11.5. The van der Waals surface area contributed by atoms with E-state index < -0.39 is 0 Å². The van der Waals surface area contributed by atoms with Crippen molar-refractivity contribution in [1.82, 2.24) is 9.80 Å². The SMILES string of the molecule is CC1CC(N)CN(CC(=O)N2CCCC2)C1. The molecule has 1 amide bonds. The molecule has 4 nitrogen and oxygen atoms in total. The molecule has 0 saturated carbocycles. The van der Waals surface area contributed by atoms with Crippen molar-refractivity contribution in [2.24, 2.45) is 11.7 Å². The van der Waals surface area contributed by atoms with Crippen LogP contribution in [0.5, 0.6) is 0 Å². The molecule has 2 heterocycles. The zero-order valence-electron chi connectivity index (χ0n) is 10.2. The molecule has 0 aromatic rings. The number of piperidine rings is 1. The molecule has 2 N–H and O–H groups in total. The highest BCUT2D eigenvalue weighted by Crippen LogP contribution is 2.15. The number of carbonyl (C=O) groups is 1. The Labute approximate surface area is 97.8 Å². The van der Waals surface area contributed by atoms with Crippen LogP contribution in [0.25, 0.3) is 0 Å². The molecule has 2 saturated heterocycles. The van der Waals surface area contributed by atoms with Crippen LogP contribution in [0.15, 0.2) is 0 Å². The van der Waals surface area contributed by atoms with Crippen LogP contribution in [-0.2, 0) is 4.79 Å². The molecule has 2 aliphatic heterocycles. The van der Waals surface area contributed by atoms with Gasteiger partial charge in [0.15, 0.2) is 0 Å². The Hall–Kier alpha value is -0.610. The third-order valence-electron chi connectivity index (χ3n) is 3.59. The lowest BCUT2D eigenvalue weighted by Gasteiger charge is -2.35. The lowest BCUT2D eigenvalue weighted by atomic mass is 9.97. The summed E-state index contributed by atoms with van der Waals surface area (Å²) in [6, 6.07) is 0.245. The number of carbonyl (C=O) groups excluding carboxylic acids is 1. The fraction of sp³-hybridized carbons (Fsp3) is 0.917. The van der Waals surface area contributed by atoms with Crippen molar-refractivity contribution in [3.05, 3.63) is 0 Å². The van der Waals surface area contributed by atoms with Crippen LogP contribution in [0.4, 0.5) is 0 Å². The number of hydrogen-bond acceptors (Lipinski definition) is 3. The van der Waals surface area contributed by atoms with Gasteiger partial charge in [-0.15, -0.1) is 0 Å². The lowest BCUT2D eigenvalue weighted by Crippen LogP contribution is -2.49. The van der Waals surface area contributed by atoms with Crippen LogP contribution in [0, 0.1) is 5.92 Å². The Morgan fingerprint density at radius 1 is 1.31 bits per heavy atom. The molecule has 2 fully saturated rings. The zero-order valence-corrected chi connectivity index (χ0v) is 10.2. The van der Waals surface area contributed by atoms with Gasteiger partial charge in [-0.05, 0) is 25.2 Å². The van der Waals surface area contributed by atoms with E-state index in [1.165, 1.54) is 12.8 Å². The van der Waals surface area contributed by atoms with Crippen LogP contribution in [0.3, 0.4) is 0 Å². The largest absolute Gasteiger partial charge is 0.342 e. The summed E-state index contributed by atoms with van der Waals surface area (Å²) in [5.74, 6) is 0.911. The van der Waals surface area contributed by atoms with Gasteiger partial charge in [-0.3, -0.25) is 9.69 Å². The Balaban J connectivity index is 1.81. The minimum absolute atomic E-state index is 0.245. The van der Waals surface area contributed by atoms with E-state index in [0.29, 0.717) is 18.4 Å². The summed E-state index contributed by atoms with van der Waals surface area (Å²) in [5, 5.41) is 0. The van der Waals surface area contributed by atoms with E-state index in [2.05, 4.69) is 11.8 Å². The summed E-state index contributed by atoms with van der Waals surface area (Å²) >= 11 is 0. The van der Waals surface area contributed by atoms with E-state index in [0.717, 1.165) is 32.6 Å². The maximum atomic E-state index is 12.0. The van der Waals surface area contributed by atoms with Crippen LogP contribution in [0.1, 0.15) is 26.2 Å². The minimum atomic E-state index is 0.245. The third kappa shape index (κ3) is 2.95. The predicted molar refractivity (Wildman–Crippen MR) is 64.0 cm³/mol. The topological polar surface area (TPSA) is 49.6 Å². The quantitative estimate of drug-likeness (QED) is 0.734. The lowest BCUT2D eigenvalue weighted by molar-refractivity contribution is -0.131. The van der Waals surface area contributed by atoms with Gasteiger partial charge in [0, 0.05) is 32.2 Å². The van der Waals surface area contributed by atoms with Gasteiger partial charge < -0.3 is 10.6 Å². The normalized spacial score (nSPS) is 32.0. The maximum Gasteiger partial charge on any atom is 0.236 e. The fourth-order valence-corrected chi connectivity index (χ4v) is 2.90. The van der Waals surface area contributed by atoms with Crippen molar-refractivity contribution in [2.45, 2.75) is 32.2 Å². The average Bonchev–Trinajstić information content (AvgIpc) is 2.68. The molecule has 0 aromatic heterocycles. The van der Waals surface area contributed by atoms with Crippen molar-refractivity contribution in [3.8, 4) is 0 Å². The van der Waals surface area contributed by atoms with Gasteiger partial charge in [-0.25, -0.2) is 0 Å². The van der Waals surface area contributed by atoms with Crippen LogP contribution in [-0.4, -0.2) is 54.5 Å². The molecule has 2 aliphatic rings. The van der Waals surface area contributed by atoms with Gasteiger partial charge in [0.25, 0.3) is 0 Å². The minimum Gasteiger partial charge on any atom is -0.342 e. The summed E-state index contributed by atoms with van der Waals surface area (Å²) < 4.78 is 0. The third-order valence-corrected chi connectivity index (χ3v) is 3.59. The standard InChI is InChI=1S/C12H23N3O/c1-10-6-11(13)8-14(7-10)9-12(16)15-4-2-3-5-15/h10-11H,2-9,13H2,1H3. The van der Waals surface area contributed by atoms with Crippen LogP contribution >= 0.6 is 0 Å². The highest BCUT2D eigenvalue weighted by Gasteiger charge is 2.26. The summed E-state index contributed by atoms with van der Waals surface area (Å²) in [6.45, 7) is 6.59. The van der Waals surface area contributed by atoms with Gasteiger partial charge in [0.05, 0.1) is 6.54 Å². The van der Waals surface area contributed by atoms with Crippen molar-refractivity contribution >= 4 is 5.91 Å². The average molecular weight is 225 g/mol. The maximum absolute atomic E-state index is 12.0. The van der Waals surface area contributed by atoms with E-state index in [1.807, 2.05) is 4.90 Å². The van der Waals surface area contributed by atoms with Crippen molar-refractivity contribution < 1.29 is 4.79 Å². The van der Waals surface area contributed by atoms with Gasteiger partial charge >= 0.3 is 0 Å². The molecule has 0 aliphatic carbocycles. The monoisotopic (exact) mass is 225 g/mol. The van der Waals surface area contributed by atoms with E-state index in [4.69, 9.17) is 5.73 Å². The molecular weight excluding hydrogens is 202 g/mol. The van der Waals surface area contributed by atoms with Crippen molar-refractivity contribution in [1.29, 1.82) is 0 Å². The summed E-state index contributed by atoms with van der Waals surface area (Å²) in [5.41, 5.74) is 5.98. The van der Waals surface area contributed by atoms with Gasteiger partial charge in [0.2, 0.25) is 5.91 Å².